The van der Waals surface area contributed by atoms with Gasteiger partial charge in [0.15, 0.2) is 0 Å². The second-order valence-electron chi connectivity index (χ2n) is 5.66. The van der Waals surface area contributed by atoms with Crippen LogP contribution in [-0.2, 0) is 10.0 Å². The fraction of sp³-hybridized carbons (Fsp3) is 0.167. The van der Waals surface area contributed by atoms with Crippen LogP contribution in [0.15, 0.2) is 64.0 Å². The van der Waals surface area contributed by atoms with E-state index in [4.69, 9.17) is 20.8 Å². The van der Waals surface area contributed by atoms with Crippen LogP contribution in [0, 0.1) is 6.92 Å². The Morgan fingerprint density at radius 1 is 1.15 bits per heavy atom. The molecule has 0 saturated carbocycles. The number of aromatic nitrogens is 1. The first-order valence-electron chi connectivity index (χ1n) is 7.82. The van der Waals surface area contributed by atoms with Crippen LogP contribution in [0.3, 0.4) is 0 Å². The number of rotatable bonds is 6. The zero-order valence-electron chi connectivity index (χ0n) is 14.1. The van der Waals surface area contributed by atoms with E-state index in [-0.39, 0.29) is 4.90 Å². The Balaban J connectivity index is 1.73. The number of hydrogen-bond donors (Lipinski definition) is 1. The summed E-state index contributed by atoms with van der Waals surface area (Å²) in [5.41, 5.74) is 0. The molecule has 0 aliphatic rings. The maximum Gasteiger partial charge on any atom is 0.241 e. The first-order chi connectivity index (χ1) is 12.3. The van der Waals surface area contributed by atoms with Gasteiger partial charge in [0.25, 0.3) is 0 Å². The lowest BCUT2D eigenvalue weighted by molar-refractivity contribution is 0.427. The van der Waals surface area contributed by atoms with Crippen molar-refractivity contribution in [3.05, 3.63) is 71.4 Å². The van der Waals surface area contributed by atoms with Gasteiger partial charge in [-0.25, -0.2) is 13.4 Å². The van der Waals surface area contributed by atoms with Crippen LogP contribution in [0.2, 0.25) is 5.02 Å². The predicted octanol–water partition coefficient (Wildman–Crippen LogP) is 4.47. The molecule has 6 nitrogen and oxygen atoms in total. The molecule has 0 aliphatic heterocycles. The Kier molecular flexibility index (Phi) is 5.31. The first kappa shape index (κ1) is 18.4. The van der Waals surface area contributed by atoms with Gasteiger partial charge in [-0.15, -0.1) is 0 Å². The molecule has 0 bridgehead atoms. The van der Waals surface area contributed by atoms with Gasteiger partial charge >= 0.3 is 0 Å². The molecule has 0 fully saturated rings. The number of ether oxygens (including phenoxy) is 1. The summed E-state index contributed by atoms with van der Waals surface area (Å²) in [7, 11) is -3.73. The molecule has 3 rings (SSSR count). The van der Waals surface area contributed by atoms with Gasteiger partial charge < -0.3 is 9.15 Å². The summed E-state index contributed by atoms with van der Waals surface area (Å²) in [6.45, 7) is 3.41. The summed E-state index contributed by atoms with van der Waals surface area (Å²) < 4.78 is 38.6. The van der Waals surface area contributed by atoms with E-state index < -0.39 is 16.1 Å². The molecule has 2 aromatic carbocycles. The molecule has 136 valence electrons. The highest BCUT2D eigenvalue weighted by molar-refractivity contribution is 7.89. The van der Waals surface area contributed by atoms with Crippen LogP contribution in [0.25, 0.3) is 0 Å². The smallest absolute Gasteiger partial charge is 0.241 e. The fourth-order valence-corrected chi connectivity index (χ4v) is 3.64. The standard InChI is InChI=1S/C18H17ClN2O4S/c1-12-11-20-18(24-12)13(2)21-26(22,23)15-9-7-14(8-10-15)25-17-6-4-3-5-16(17)19/h3-11,13,21H,1-2H3. The maximum absolute atomic E-state index is 12.5. The second kappa shape index (κ2) is 7.49. The molecule has 1 heterocycles. The van der Waals surface area contributed by atoms with Crippen molar-refractivity contribution in [3.8, 4) is 11.5 Å². The highest BCUT2D eigenvalue weighted by Crippen LogP contribution is 2.29. The Hall–Kier alpha value is -2.35. The third-order valence-corrected chi connectivity index (χ3v) is 5.41. The van der Waals surface area contributed by atoms with Gasteiger partial charge in [-0.3, -0.25) is 0 Å². The number of benzene rings is 2. The van der Waals surface area contributed by atoms with Gasteiger partial charge in [0.2, 0.25) is 15.9 Å². The van der Waals surface area contributed by atoms with Crippen molar-refractivity contribution in [1.82, 2.24) is 9.71 Å². The maximum atomic E-state index is 12.5. The molecular weight excluding hydrogens is 376 g/mol. The lowest BCUT2D eigenvalue weighted by Gasteiger charge is -2.12. The molecule has 0 saturated heterocycles. The van der Waals surface area contributed by atoms with Crippen LogP contribution in [0.5, 0.6) is 11.5 Å². The van der Waals surface area contributed by atoms with Gasteiger partial charge in [0, 0.05) is 0 Å². The van der Waals surface area contributed by atoms with Crippen molar-refractivity contribution < 1.29 is 17.6 Å². The van der Waals surface area contributed by atoms with E-state index in [9.17, 15) is 8.42 Å². The molecule has 0 aliphatic carbocycles. The number of sulfonamides is 1. The van der Waals surface area contributed by atoms with Crippen LogP contribution in [0.4, 0.5) is 0 Å². The van der Waals surface area contributed by atoms with Crippen molar-refractivity contribution in [3.63, 3.8) is 0 Å². The normalized spacial score (nSPS) is 12.7. The van der Waals surface area contributed by atoms with E-state index in [0.717, 1.165) is 0 Å². The molecule has 0 amide bonds. The number of nitrogens with zero attached hydrogens (tertiary/aromatic N) is 1. The number of nitrogens with one attached hydrogen (secondary N) is 1. The van der Waals surface area contributed by atoms with Crippen molar-refractivity contribution in [2.75, 3.05) is 0 Å². The Morgan fingerprint density at radius 2 is 1.85 bits per heavy atom. The summed E-state index contributed by atoms with van der Waals surface area (Å²) in [5.74, 6) is 1.90. The van der Waals surface area contributed by atoms with Gasteiger partial charge in [-0.05, 0) is 50.2 Å². The molecule has 0 spiro atoms. The number of halogens is 1. The zero-order valence-corrected chi connectivity index (χ0v) is 15.7. The van der Waals surface area contributed by atoms with E-state index in [0.29, 0.717) is 28.2 Å². The fourth-order valence-electron chi connectivity index (χ4n) is 2.26. The quantitative estimate of drug-likeness (QED) is 0.669. The SMILES string of the molecule is Cc1cnc(C(C)NS(=O)(=O)c2ccc(Oc3ccccc3Cl)cc2)o1. The average molecular weight is 393 g/mol. The zero-order chi connectivity index (χ0) is 18.7. The summed E-state index contributed by atoms with van der Waals surface area (Å²) in [5, 5.41) is 0.473. The summed E-state index contributed by atoms with van der Waals surface area (Å²) in [6.07, 6.45) is 1.54. The van der Waals surface area contributed by atoms with E-state index in [2.05, 4.69) is 9.71 Å². The molecule has 26 heavy (non-hydrogen) atoms. The largest absolute Gasteiger partial charge is 0.456 e. The Labute approximate surface area is 156 Å². The molecule has 1 aromatic heterocycles. The molecule has 3 aromatic rings. The average Bonchev–Trinajstić information content (AvgIpc) is 3.04. The summed E-state index contributed by atoms with van der Waals surface area (Å²) in [4.78, 5) is 4.15. The van der Waals surface area contributed by atoms with Gasteiger partial charge in [0.05, 0.1) is 22.2 Å². The predicted molar refractivity (Wildman–Crippen MR) is 97.9 cm³/mol. The Bertz CT molecular complexity index is 1000. The van der Waals surface area contributed by atoms with Crippen molar-refractivity contribution in [2.24, 2.45) is 0 Å². The monoisotopic (exact) mass is 392 g/mol. The van der Waals surface area contributed by atoms with Crippen LogP contribution >= 0.6 is 11.6 Å². The van der Waals surface area contributed by atoms with Crippen molar-refractivity contribution in [1.29, 1.82) is 0 Å². The third-order valence-electron chi connectivity index (χ3n) is 3.54. The van der Waals surface area contributed by atoms with Crippen molar-refractivity contribution >= 4 is 21.6 Å². The number of para-hydroxylation sites is 1. The van der Waals surface area contributed by atoms with Gasteiger partial charge in [-0.1, -0.05) is 23.7 Å². The molecule has 1 N–H and O–H groups in total. The second-order valence-corrected chi connectivity index (χ2v) is 7.78. The van der Waals surface area contributed by atoms with Crippen LogP contribution in [-0.4, -0.2) is 13.4 Å². The third kappa shape index (κ3) is 4.24. The van der Waals surface area contributed by atoms with E-state index >= 15 is 0 Å². The first-order valence-corrected chi connectivity index (χ1v) is 9.68. The van der Waals surface area contributed by atoms with Gasteiger partial charge in [-0.2, -0.15) is 4.72 Å². The highest BCUT2D eigenvalue weighted by atomic mass is 35.5. The number of hydrogen-bond acceptors (Lipinski definition) is 5. The molecule has 8 heteroatoms. The number of aryl methyl sites for hydroxylation is 1. The lowest BCUT2D eigenvalue weighted by atomic mass is 10.3. The summed E-state index contributed by atoms with van der Waals surface area (Å²) >= 11 is 6.05. The van der Waals surface area contributed by atoms with E-state index in [1.165, 1.54) is 12.1 Å². The lowest BCUT2D eigenvalue weighted by Crippen LogP contribution is -2.27. The van der Waals surface area contributed by atoms with Gasteiger partial charge in [0.1, 0.15) is 17.3 Å². The Morgan fingerprint density at radius 3 is 2.46 bits per heavy atom. The molecule has 1 unspecified atom stereocenters. The van der Waals surface area contributed by atoms with Crippen LogP contribution in [0.1, 0.15) is 24.6 Å². The minimum Gasteiger partial charge on any atom is -0.456 e. The summed E-state index contributed by atoms with van der Waals surface area (Å²) in [6, 6.07) is 12.5. The highest BCUT2D eigenvalue weighted by Gasteiger charge is 2.21. The van der Waals surface area contributed by atoms with Crippen molar-refractivity contribution in [2.45, 2.75) is 24.8 Å². The van der Waals surface area contributed by atoms with E-state index in [1.54, 1.807) is 56.4 Å². The molecule has 1 atom stereocenters. The number of oxazole rings is 1. The van der Waals surface area contributed by atoms with E-state index in [1.807, 2.05) is 0 Å². The molecular formula is C18H17ClN2O4S. The molecule has 0 radical (unpaired) electrons. The topological polar surface area (TPSA) is 81.4 Å². The minimum atomic E-state index is -3.73. The minimum absolute atomic E-state index is 0.110. The van der Waals surface area contributed by atoms with Crippen LogP contribution < -0.4 is 9.46 Å².